The van der Waals surface area contributed by atoms with Gasteiger partial charge in [0, 0.05) is 24.8 Å². The number of ether oxygens (including phenoxy) is 3. The molecule has 0 bridgehead atoms. The number of ketones is 1. The summed E-state index contributed by atoms with van der Waals surface area (Å²) in [4.78, 5) is 57.9. The lowest BCUT2D eigenvalue weighted by atomic mass is 9.91. The summed E-state index contributed by atoms with van der Waals surface area (Å²) < 4.78 is 16.0. The minimum Gasteiger partial charge on any atom is -0.491 e. The van der Waals surface area contributed by atoms with Gasteiger partial charge in [0.25, 0.3) is 5.91 Å². The number of urea groups is 1. The fraction of sp³-hybridized carbons (Fsp3) is 0.367. The first-order valence-electron chi connectivity index (χ1n) is 13.6. The lowest BCUT2D eigenvalue weighted by Gasteiger charge is -2.29. The molecule has 4 rings (SSSR count). The molecular formula is C30H34N4O7S. The predicted molar refractivity (Wildman–Crippen MR) is 157 cm³/mol. The van der Waals surface area contributed by atoms with Gasteiger partial charge < -0.3 is 24.8 Å². The molecule has 12 heteroatoms. The Labute approximate surface area is 248 Å². The fourth-order valence-corrected chi connectivity index (χ4v) is 5.25. The van der Waals surface area contributed by atoms with E-state index in [9.17, 15) is 19.2 Å². The number of carbonyl (C=O) groups excluding carboxylic acids is 4. The van der Waals surface area contributed by atoms with E-state index >= 15 is 0 Å². The van der Waals surface area contributed by atoms with Crippen LogP contribution in [-0.2, 0) is 19.1 Å². The highest BCUT2D eigenvalue weighted by Gasteiger charge is 2.47. The molecule has 3 atom stereocenters. The number of benzene rings is 2. The van der Waals surface area contributed by atoms with Gasteiger partial charge in [-0.25, -0.2) is 14.7 Å². The number of amides is 4. The monoisotopic (exact) mass is 594 g/mol. The summed E-state index contributed by atoms with van der Waals surface area (Å²) in [6.07, 6.45) is 0.283. The minimum atomic E-state index is -1.18. The van der Waals surface area contributed by atoms with Crippen molar-refractivity contribution >= 4 is 40.1 Å². The highest BCUT2D eigenvalue weighted by Crippen LogP contribution is 2.32. The van der Waals surface area contributed by atoms with Crippen molar-refractivity contribution in [3.63, 3.8) is 0 Å². The molecule has 0 spiro atoms. The van der Waals surface area contributed by atoms with E-state index < -0.39 is 35.8 Å². The lowest BCUT2D eigenvalue weighted by Crippen LogP contribution is -2.50. The van der Waals surface area contributed by atoms with Gasteiger partial charge in [-0.15, -0.1) is 11.3 Å². The molecule has 1 saturated heterocycles. The van der Waals surface area contributed by atoms with Crippen molar-refractivity contribution in [2.45, 2.75) is 38.3 Å². The molecule has 0 saturated carbocycles. The molecular weight excluding hydrogens is 560 g/mol. The summed E-state index contributed by atoms with van der Waals surface area (Å²) in [7, 11) is 1.60. The first-order valence-corrected chi connectivity index (χ1v) is 14.5. The molecule has 0 radical (unpaired) electrons. The zero-order chi connectivity index (χ0) is 30.1. The molecule has 1 fully saturated rings. The molecule has 2 heterocycles. The number of nitrogens with one attached hydrogen (secondary N) is 2. The normalized spacial score (nSPS) is 16.2. The first-order chi connectivity index (χ1) is 20.3. The van der Waals surface area contributed by atoms with E-state index in [1.165, 1.54) is 0 Å². The van der Waals surface area contributed by atoms with Crippen molar-refractivity contribution in [3.05, 3.63) is 76.8 Å². The highest BCUT2D eigenvalue weighted by atomic mass is 32.1. The number of hydrogen-bond donors (Lipinski definition) is 2. The van der Waals surface area contributed by atoms with Crippen LogP contribution in [0.15, 0.2) is 60.0 Å². The van der Waals surface area contributed by atoms with E-state index in [2.05, 4.69) is 15.6 Å². The summed E-state index contributed by atoms with van der Waals surface area (Å²) in [5.74, 6) is -1.24. The highest BCUT2D eigenvalue weighted by molar-refractivity contribution is 7.14. The number of anilines is 1. The number of Topliss-reactive ketones (excluding diaryl/α,β-unsaturated/α-hetero) is 1. The van der Waals surface area contributed by atoms with Crippen molar-refractivity contribution in [3.8, 4) is 5.75 Å². The Hall–Kier alpha value is -4.13. The molecule has 2 N–H and O–H groups in total. The Bertz CT molecular complexity index is 1380. The van der Waals surface area contributed by atoms with Crippen LogP contribution in [0.4, 0.5) is 9.93 Å². The molecule has 11 nitrogen and oxygen atoms in total. The molecule has 4 amide bonds. The van der Waals surface area contributed by atoms with Crippen LogP contribution in [0.1, 0.15) is 53.8 Å². The van der Waals surface area contributed by atoms with Crippen LogP contribution in [0.3, 0.4) is 0 Å². The topological polar surface area (TPSA) is 136 Å². The maximum absolute atomic E-state index is 13.7. The molecule has 1 aromatic heterocycles. The van der Waals surface area contributed by atoms with Gasteiger partial charge in [-0.3, -0.25) is 14.4 Å². The Morgan fingerprint density at radius 1 is 1.05 bits per heavy atom. The van der Waals surface area contributed by atoms with Crippen molar-refractivity contribution in [2.24, 2.45) is 0 Å². The van der Waals surface area contributed by atoms with Gasteiger partial charge in [-0.05, 0) is 23.3 Å². The van der Waals surface area contributed by atoms with Crippen LogP contribution in [0.5, 0.6) is 5.75 Å². The van der Waals surface area contributed by atoms with Crippen LogP contribution in [0.25, 0.3) is 0 Å². The average molecular weight is 595 g/mol. The average Bonchev–Trinajstić information content (AvgIpc) is 3.59. The van der Waals surface area contributed by atoms with E-state index in [0.29, 0.717) is 37.7 Å². The summed E-state index contributed by atoms with van der Waals surface area (Å²) in [5, 5.41) is 7.22. The third-order valence-electron chi connectivity index (χ3n) is 6.80. The van der Waals surface area contributed by atoms with Crippen LogP contribution in [0, 0.1) is 0 Å². The first kappa shape index (κ1) is 30.8. The lowest BCUT2D eigenvalue weighted by molar-refractivity contribution is -0.134. The number of thiazole rings is 1. The second kappa shape index (κ2) is 14.7. The van der Waals surface area contributed by atoms with Gasteiger partial charge >= 0.3 is 6.03 Å². The number of aromatic nitrogens is 1. The maximum atomic E-state index is 13.7. The van der Waals surface area contributed by atoms with E-state index in [0.717, 1.165) is 21.8 Å². The molecule has 3 unspecified atom stereocenters. The van der Waals surface area contributed by atoms with Crippen molar-refractivity contribution in [1.29, 1.82) is 0 Å². The number of carbonyl (C=O) groups is 4. The van der Waals surface area contributed by atoms with Gasteiger partial charge in [0.1, 0.15) is 30.1 Å². The fourth-order valence-electron chi connectivity index (χ4n) is 4.53. The number of hydrogen-bond acceptors (Lipinski definition) is 9. The van der Waals surface area contributed by atoms with Crippen LogP contribution in [-0.4, -0.2) is 73.1 Å². The zero-order valence-corrected chi connectivity index (χ0v) is 24.5. The van der Waals surface area contributed by atoms with Crippen molar-refractivity contribution in [2.75, 3.05) is 38.9 Å². The van der Waals surface area contributed by atoms with Crippen LogP contribution in [0.2, 0.25) is 0 Å². The third kappa shape index (κ3) is 7.38. The molecule has 0 aliphatic carbocycles. The molecule has 222 valence electrons. The molecule has 3 aromatic rings. The molecule has 1 aliphatic rings. The Balaban J connectivity index is 1.51. The SMILES string of the molecule is CCC(=O)c1csc(NC(=O)C(C(C)c2ccccc2)N2C(=O)NC(c3ccc(OCCOCCOC)cc3)C2=O)n1. The standard InChI is InChI=1S/C30H34N4O7S/c1-4-24(35)23-18-42-29(31-23)33-27(36)26(19(2)20-8-6-5-7-9-20)34-28(37)25(32-30(34)38)21-10-12-22(13-11-21)41-17-16-40-15-14-39-3/h5-13,18-19,25-26H,4,14-17H2,1-3H3,(H,32,38)(H,31,33,36). The summed E-state index contributed by atoms with van der Waals surface area (Å²) >= 11 is 1.11. The second-order valence-electron chi connectivity index (χ2n) is 9.56. The van der Waals surface area contributed by atoms with E-state index in [1.54, 1.807) is 50.6 Å². The summed E-state index contributed by atoms with van der Waals surface area (Å²) in [5.41, 5.74) is 1.58. The van der Waals surface area contributed by atoms with Gasteiger partial charge in [0.15, 0.2) is 10.9 Å². The van der Waals surface area contributed by atoms with Gasteiger partial charge in [0.2, 0.25) is 5.91 Å². The second-order valence-corrected chi connectivity index (χ2v) is 10.4. The summed E-state index contributed by atoms with van der Waals surface area (Å²) in [6, 6.07) is 13.2. The number of imide groups is 1. The van der Waals surface area contributed by atoms with E-state index in [-0.39, 0.29) is 23.0 Å². The number of methoxy groups -OCH3 is 1. The number of rotatable bonds is 15. The predicted octanol–water partition coefficient (Wildman–Crippen LogP) is 4.18. The van der Waals surface area contributed by atoms with Crippen molar-refractivity contribution < 1.29 is 33.4 Å². The maximum Gasteiger partial charge on any atom is 0.325 e. The third-order valence-corrected chi connectivity index (χ3v) is 7.56. The minimum absolute atomic E-state index is 0.148. The van der Waals surface area contributed by atoms with E-state index in [4.69, 9.17) is 14.2 Å². The summed E-state index contributed by atoms with van der Waals surface area (Å²) in [6.45, 7) is 5.24. The van der Waals surface area contributed by atoms with Gasteiger partial charge in [0.05, 0.1) is 19.8 Å². The largest absolute Gasteiger partial charge is 0.491 e. The Morgan fingerprint density at radius 3 is 2.45 bits per heavy atom. The molecule has 2 aromatic carbocycles. The van der Waals surface area contributed by atoms with Gasteiger partial charge in [-0.2, -0.15) is 0 Å². The zero-order valence-electron chi connectivity index (χ0n) is 23.7. The Morgan fingerprint density at radius 2 is 1.76 bits per heavy atom. The van der Waals surface area contributed by atoms with E-state index in [1.807, 2.05) is 30.3 Å². The van der Waals surface area contributed by atoms with Crippen LogP contribution >= 0.6 is 11.3 Å². The van der Waals surface area contributed by atoms with Crippen molar-refractivity contribution in [1.82, 2.24) is 15.2 Å². The Kier molecular flexibility index (Phi) is 10.8. The smallest absolute Gasteiger partial charge is 0.325 e. The van der Waals surface area contributed by atoms with Crippen LogP contribution < -0.4 is 15.4 Å². The quantitative estimate of drug-likeness (QED) is 0.152. The molecule has 42 heavy (non-hydrogen) atoms. The van der Waals surface area contributed by atoms with Gasteiger partial charge in [-0.1, -0.05) is 56.3 Å². The number of nitrogens with zero attached hydrogens (tertiary/aromatic N) is 2. The molecule has 1 aliphatic heterocycles.